The Bertz CT molecular complexity index is 132. The molecule has 0 amide bonds. The molecule has 0 aromatic rings. The Morgan fingerprint density at radius 3 is 2.42 bits per heavy atom. The van der Waals surface area contributed by atoms with Gasteiger partial charge >= 0.3 is 26.5 Å². The molecule has 0 atom stereocenters. The van der Waals surface area contributed by atoms with Crippen molar-refractivity contribution >= 4 is 0 Å². The van der Waals surface area contributed by atoms with E-state index in [9.17, 15) is 0 Å². The van der Waals surface area contributed by atoms with Crippen LogP contribution in [0.3, 0.4) is 0 Å². The van der Waals surface area contributed by atoms with Crippen LogP contribution in [0.2, 0.25) is 0 Å². The Morgan fingerprint density at radius 1 is 1.42 bits per heavy atom. The molecular formula is C8H15O3Ti. The summed E-state index contributed by atoms with van der Waals surface area (Å²) < 4.78 is 15.8. The molecule has 0 rings (SSSR count). The topological polar surface area (TPSA) is 57.5 Å². The van der Waals surface area contributed by atoms with E-state index in [1.54, 1.807) is 6.08 Å². The second-order valence-corrected chi connectivity index (χ2v) is 2.29. The van der Waals surface area contributed by atoms with Crippen molar-refractivity contribution in [2.24, 2.45) is 0 Å². The first-order valence-corrected chi connectivity index (χ1v) is 5.14. The van der Waals surface area contributed by atoms with Crippen LogP contribution in [0.15, 0.2) is 24.5 Å². The van der Waals surface area contributed by atoms with Crippen molar-refractivity contribution in [1.29, 1.82) is 0 Å². The van der Waals surface area contributed by atoms with E-state index in [-0.39, 0.29) is 0 Å². The van der Waals surface area contributed by atoms with Gasteiger partial charge in [0, 0.05) is 0 Å². The van der Waals surface area contributed by atoms with Gasteiger partial charge in [0.15, 0.2) is 0 Å². The SMILES string of the molecule is CCCCC=CC=CO.[O]=[Ti][OH]. The molecule has 0 spiro atoms. The zero-order valence-electron chi connectivity index (χ0n) is 7.23. The van der Waals surface area contributed by atoms with Crippen LogP contribution in [0.5, 0.6) is 0 Å². The number of allylic oxidation sites excluding steroid dienone is 3. The number of unbranched alkanes of at least 4 members (excludes halogenated alkanes) is 2. The van der Waals surface area contributed by atoms with Crippen molar-refractivity contribution < 1.29 is 31.6 Å². The minimum absolute atomic E-state index is 1.04. The summed E-state index contributed by atoms with van der Waals surface area (Å²) in [4.78, 5) is 0. The molecule has 0 fully saturated rings. The summed E-state index contributed by atoms with van der Waals surface area (Å²) in [5.41, 5.74) is 0. The van der Waals surface area contributed by atoms with Crippen LogP contribution in [0, 0.1) is 0 Å². The van der Waals surface area contributed by atoms with E-state index < -0.39 is 19.5 Å². The second-order valence-electron chi connectivity index (χ2n) is 2.00. The first-order valence-electron chi connectivity index (χ1n) is 3.80. The summed E-state index contributed by atoms with van der Waals surface area (Å²) in [6.07, 6.45) is 10.1. The molecule has 0 aromatic heterocycles. The van der Waals surface area contributed by atoms with Crippen molar-refractivity contribution in [3.8, 4) is 0 Å². The van der Waals surface area contributed by atoms with Gasteiger partial charge in [-0.15, -0.1) is 0 Å². The molecule has 0 aliphatic rings. The zero-order chi connectivity index (χ0) is 9.66. The fraction of sp³-hybridized carbons (Fsp3) is 0.500. The van der Waals surface area contributed by atoms with Crippen LogP contribution in [-0.4, -0.2) is 8.79 Å². The standard InChI is InChI=1S/C8H14O.H2O.O.Ti/c1-2-3-4-5-6-7-8-9;;;/h5-9H,2-4H2,1H3;1H2;;/q;;;+1/p-1. The third kappa shape index (κ3) is 22.6. The van der Waals surface area contributed by atoms with Crippen LogP contribution in [-0.2, 0) is 22.8 Å². The van der Waals surface area contributed by atoms with E-state index in [1.165, 1.54) is 12.8 Å². The third-order valence-corrected chi connectivity index (χ3v) is 1.06. The van der Waals surface area contributed by atoms with Crippen LogP contribution in [0.25, 0.3) is 0 Å². The van der Waals surface area contributed by atoms with E-state index in [0.29, 0.717) is 0 Å². The van der Waals surface area contributed by atoms with Crippen molar-refractivity contribution in [1.82, 2.24) is 0 Å². The van der Waals surface area contributed by atoms with Gasteiger partial charge in [-0.1, -0.05) is 31.9 Å². The van der Waals surface area contributed by atoms with E-state index in [0.717, 1.165) is 12.7 Å². The van der Waals surface area contributed by atoms with Gasteiger partial charge < -0.3 is 5.11 Å². The van der Waals surface area contributed by atoms with Gasteiger partial charge in [0.2, 0.25) is 0 Å². The van der Waals surface area contributed by atoms with Gasteiger partial charge in [-0.3, -0.25) is 0 Å². The molecule has 0 aliphatic carbocycles. The van der Waals surface area contributed by atoms with E-state index in [4.69, 9.17) is 12.1 Å². The van der Waals surface area contributed by atoms with Gasteiger partial charge in [-0.05, 0) is 12.5 Å². The average molecular weight is 207 g/mol. The molecule has 0 unspecified atom stereocenters. The molecule has 3 nitrogen and oxygen atoms in total. The predicted molar refractivity (Wildman–Crippen MR) is 43.3 cm³/mol. The summed E-state index contributed by atoms with van der Waals surface area (Å²) in [7, 11) is 0. The fourth-order valence-corrected chi connectivity index (χ4v) is 0.546. The van der Waals surface area contributed by atoms with Gasteiger partial charge in [0.05, 0.1) is 6.26 Å². The second kappa shape index (κ2) is 17.0. The van der Waals surface area contributed by atoms with Gasteiger partial charge in [-0.25, -0.2) is 0 Å². The molecular weight excluding hydrogens is 192 g/mol. The third-order valence-electron chi connectivity index (χ3n) is 1.06. The van der Waals surface area contributed by atoms with Crippen LogP contribution < -0.4 is 0 Å². The maximum atomic E-state index is 8.61. The maximum absolute atomic E-state index is 8.61. The monoisotopic (exact) mass is 207 g/mol. The Balaban J connectivity index is 0. The first-order chi connectivity index (χ1) is 5.83. The summed E-state index contributed by atoms with van der Waals surface area (Å²) >= 11 is -1.75. The summed E-state index contributed by atoms with van der Waals surface area (Å²) in [6, 6.07) is 0. The van der Waals surface area contributed by atoms with Crippen molar-refractivity contribution in [2.75, 3.05) is 0 Å². The number of aliphatic hydroxyl groups is 1. The van der Waals surface area contributed by atoms with Crippen molar-refractivity contribution in [2.45, 2.75) is 26.2 Å². The van der Waals surface area contributed by atoms with Gasteiger partial charge in [0.25, 0.3) is 0 Å². The molecule has 69 valence electrons. The summed E-state index contributed by atoms with van der Waals surface area (Å²) in [6.45, 7) is 2.16. The predicted octanol–water partition coefficient (Wildman–Crippen LogP) is 2.13. The van der Waals surface area contributed by atoms with Crippen LogP contribution >= 0.6 is 0 Å². The molecule has 0 bridgehead atoms. The first kappa shape index (κ1) is 14.3. The number of rotatable bonds is 4. The molecule has 0 aliphatic heterocycles. The molecule has 0 saturated heterocycles. The average Bonchev–Trinajstić information content (AvgIpc) is 2.06. The molecule has 0 saturated carbocycles. The molecule has 0 radical (unpaired) electrons. The molecule has 4 heteroatoms. The normalized spacial score (nSPS) is 9.50. The Kier molecular flexibility index (Phi) is 20.3. The molecule has 0 aromatic carbocycles. The Hall–Kier alpha value is -0.246. The van der Waals surface area contributed by atoms with Crippen molar-refractivity contribution in [3.63, 3.8) is 0 Å². The molecule has 2 N–H and O–H groups in total. The van der Waals surface area contributed by atoms with E-state index >= 15 is 0 Å². The fourth-order valence-electron chi connectivity index (χ4n) is 0.546. The number of hydrogen-bond acceptors (Lipinski definition) is 2. The van der Waals surface area contributed by atoms with Gasteiger partial charge in [0.1, 0.15) is 0 Å². The molecule has 12 heavy (non-hydrogen) atoms. The Labute approximate surface area is 82.5 Å². The minimum atomic E-state index is -1.75. The van der Waals surface area contributed by atoms with Gasteiger partial charge in [-0.2, -0.15) is 0 Å². The Morgan fingerprint density at radius 2 is 2.00 bits per heavy atom. The van der Waals surface area contributed by atoms with Crippen LogP contribution in [0.1, 0.15) is 26.2 Å². The van der Waals surface area contributed by atoms with E-state index in [1.807, 2.05) is 6.08 Å². The molecule has 0 heterocycles. The number of hydrogen-bond donors (Lipinski definition) is 2. The quantitative estimate of drug-likeness (QED) is 0.321. The number of aliphatic hydroxyl groups excluding tert-OH is 1. The summed E-state index contributed by atoms with van der Waals surface area (Å²) in [5.74, 6) is 0. The zero-order valence-corrected chi connectivity index (χ0v) is 8.79. The van der Waals surface area contributed by atoms with Crippen LogP contribution in [0.4, 0.5) is 0 Å². The van der Waals surface area contributed by atoms with E-state index in [2.05, 4.69) is 13.0 Å². The van der Waals surface area contributed by atoms with Crippen molar-refractivity contribution in [3.05, 3.63) is 24.5 Å². The summed E-state index contributed by atoms with van der Waals surface area (Å²) in [5, 5.41) is 8.19.